The van der Waals surface area contributed by atoms with Gasteiger partial charge in [-0.05, 0) is 12.0 Å². The van der Waals surface area contributed by atoms with Crippen LogP contribution < -0.4 is 0 Å². The van der Waals surface area contributed by atoms with Gasteiger partial charge in [0.2, 0.25) is 0 Å². The van der Waals surface area contributed by atoms with Gasteiger partial charge in [-0.2, -0.15) is 0 Å². The molecule has 0 saturated heterocycles. The number of carboxylic acids is 1. The second kappa shape index (κ2) is 3.43. The van der Waals surface area contributed by atoms with Crippen molar-refractivity contribution in [3.63, 3.8) is 0 Å². The number of aromatic carboxylic acids is 1. The van der Waals surface area contributed by atoms with E-state index in [9.17, 15) is 4.79 Å². The Hall–Kier alpha value is -1.25. The van der Waals surface area contributed by atoms with E-state index in [4.69, 9.17) is 9.52 Å². The molecule has 66 valence electrons. The molecule has 0 aliphatic heterocycles. The van der Waals surface area contributed by atoms with Crippen LogP contribution in [0.2, 0.25) is 0 Å². The third-order valence-electron chi connectivity index (χ3n) is 1.57. The molecule has 3 nitrogen and oxygen atoms in total. The number of rotatable bonds is 3. The van der Waals surface area contributed by atoms with E-state index in [0.29, 0.717) is 18.1 Å². The molecule has 1 heterocycles. The fraction of sp³-hybridized carbons (Fsp3) is 0.444. The molecule has 12 heavy (non-hydrogen) atoms. The van der Waals surface area contributed by atoms with Crippen molar-refractivity contribution in [2.75, 3.05) is 0 Å². The first kappa shape index (κ1) is 8.84. The molecule has 0 radical (unpaired) electrons. The highest BCUT2D eigenvalue weighted by Crippen LogP contribution is 2.14. The van der Waals surface area contributed by atoms with Crippen LogP contribution in [0, 0.1) is 5.92 Å². The third kappa shape index (κ3) is 1.87. The molecule has 1 rings (SSSR count). The average molecular weight is 168 g/mol. The monoisotopic (exact) mass is 168 g/mol. The lowest BCUT2D eigenvalue weighted by Crippen LogP contribution is -2.01. The molecular formula is C9H12O3. The van der Waals surface area contributed by atoms with Crippen LogP contribution in [0.25, 0.3) is 0 Å². The Labute approximate surface area is 71.0 Å². The molecule has 0 spiro atoms. The molecule has 1 aromatic rings. The van der Waals surface area contributed by atoms with Gasteiger partial charge in [0.05, 0.1) is 6.26 Å². The highest BCUT2D eigenvalue weighted by Gasteiger charge is 2.13. The molecule has 0 saturated carbocycles. The number of carbonyl (C=O) groups is 1. The minimum absolute atomic E-state index is 0.281. The lowest BCUT2D eigenvalue weighted by molar-refractivity contribution is 0.0694. The quantitative estimate of drug-likeness (QED) is 0.752. The fourth-order valence-corrected chi connectivity index (χ4v) is 1.06. The number of hydrogen-bond donors (Lipinski definition) is 1. The van der Waals surface area contributed by atoms with Crippen molar-refractivity contribution in [1.82, 2.24) is 0 Å². The van der Waals surface area contributed by atoms with E-state index >= 15 is 0 Å². The van der Waals surface area contributed by atoms with Gasteiger partial charge >= 0.3 is 5.97 Å². The summed E-state index contributed by atoms with van der Waals surface area (Å²) in [7, 11) is 0. The van der Waals surface area contributed by atoms with Gasteiger partial charge in [0.15, 0.2) is 0 Å². The first-order valence-electron chi connectivity index (χ1n) is 3.91. The van der Waals surface area contributed by atoms with Gasteiger partial charge in [0, 0.05) is 6.42 Å². The summed E-state index contributed by atoms with van der Waals surface area (Å²) >= 11 is 0. The summed E-state index contributed by atoms with van der Waals surface area (Å²) in [5, 5.41) is 8.71. The number of hydrogen-bond acceptors (Lipinski definition) is 2. The topological polar surface area (TPSA) is 50.4 Å². The lowest BCUT2D eigenvalue weighted by atomic mass is 10.1. The van der Waals surface area contributed by atoms with E-state index in [2.05, 4.69) is 0 Å². The molecule has 1 N–H and O–H groups in total. The largest absolute Gasteiger partial charge is 0.478 e. The number of carboxylic acid groups (broad SMARTS) is 1. The van der Waals surface area contributed by atoms with Gasteiger partial charge in [-0.25, -0.2) is 4.79 Å². The van der Waals surface area contributed by atoms with Gasteiger partial charge in [0.1, 0.15) is 11.3 Å². The Balaban J connectivity index is 2.84. The van der Waals surface area contributed by atoms with Crippen molar-refractivity contribution < 1.29 is 14.3 Å². The number of furan rings is 1. The zero-order valence-electron chi connectivity index (χ0n) is 7.20. The Kier molecular flexibility index (Phi) is 2.53. The fourth-order valence-electron chi connectivity index (χ4n) is 1.06. The summed E-state index contributed by atoms with van der Waals surface area (Å²) in [5.41, 5.74) is 0.281. The van der Waals surface area contributed by atoms with E-state index in [1.165, 1.54) is 12.3 Å². The van der Waals surface area contributed by atoms with Crippen LogP contribution in [0.4, 0.5) is 0 Å². The molecule has 0 aliphatic rings. The second-order valence-electron chi connectivity index (χ2n) is 3.16. The van der Waals surface area contributed by atoms with Crippen LogP contribution in [0.3, 0.4) is 0 Å². The predicted molar refractivity (Wildman–Crippen MR) is 44.2 cm³/mol. The van der Waals surface area contributed by atoms with Crippen LogP contribution >= 0.6 is 0 Å². The van der Waals surface area contributed by atoms with E-state index in [1.54, 1.807) is 0 Å². The summed E-state index contributed by atoms with van der Waals surface area (Å²) in [4.78, 5) is 10.6. The van der Waals surface area contributed by atoms with E-state index in [1.807, 2.05) is 13.8 Å². The molecule has 0 fully saturated rings. The molecule has 0 aliphatic carbocycles. The third-order valence-corrected chi connectivity index (χ3v) is 1.57. The molecule has 0 unspecified atom stereocenters. The van der Waals surface area contributed by atoms with Crippen LogP contribution in [0.1, 0.15) is 30.0 Å². The lowest BCUT2D eigenvalue weighted by Gasteiger charge is -2.01. The Bertz CT molecular complexity index is 273. The summed E-state index contributed by atoms with van der Waals surface area (Å²) in [6, 6.07) is 1.49. The maximum Gasteiger partial charge on any atom is 0.339 e. The molecule has 0 amide bonds. The van der Waals surface area contributed by atoms with E-state index in [0.717, 1.165) is 0 Å². The van der Waals surface area contributed by atoms with Crippen molar-refractivity contribution in [1.29, 1.82) is 0 Å². The van der Waals surface area contributed by atoms with Crippen molar-refractivity contribution >= 4 is 5.97 Å². The standard InChI is InChI=1S/C9H12O3/c1-6(2)5-8-7(9(10)11)3-4-12-8/h3-4,6H,5H2,1-2H3,(H,10,11). The van der Waals surface area contributed by atoms with Gasteiger partial charge in [-0.3, -0.25) is 0 Å². The maximum atomic E-state index is 10.6. The molecule has 0 atom stereocenters. The second-order valence-corrected chi connectivity index (χ2v) is 3.16. The van der Waals surface area contributed by atoms with E-state index in [-0.39, 0.29) is 5.56 Å². The van der Waals surface area contributed by atoms with Crippen LogP contribution in [-0.2, 0) is 6.42 Å². The summed E-state index contributed by atoms with van der Waals surface area (Å²) < 4.78 is 5.06. The van der Waals surface area contributed by atoms with Crippen molar-refractivity contribution in [2.24, 2.45) is 5.92 Å². The summed E-state index contributed by atoms with van der Waals surface area (Å²) in [5.74, 6) is 0.0613. The Morgan fingerprint density at radius 3 is 2.83 bits per heavy atom. The summed E-state index contributed by atoms with van der Waals surface area (Å²) in [6.07, 6.45) is 2.09. The van der Waals surface area contributed by atoms with Crippen molar-refractivity contribution in [3.8, 4) is 0 Å². The van der Waals surface area contributed by atoms with E-state index < -0.39 is 5.97 Å². The average Bonchev–Trinajstić information content (AvgIpc) is 2.33. The Morgan fingerprint density at radius 2 is 2.33 bits per heavy atom. The summed E-state index contributed by atoms with van der Waals surface area (Å²) in [6.45, 7) is 4.04. The molecule has 0 bridgehead atoms. The van der Waals surface area contributed by atoms with Gasteiger partial charge < -0.3 is 9.52 Å². The molecule has 0 aromatic carbocycles. The normalized spacial score (nSPS) is 10.6. The van der Waals surface area contributed by atoms with Crippen LogP contribution in [0.15, 0.2) is 16.7 Å². The molecule has 1 aromatic heterocycles. The maximum absolute atomic E-state index is 10.6. The Morgan fingerprint density at radius 1 is 1.67 bits per heavy atom. The van der Waals surface area contributed by atoms with Gasteiger partial charge in [-0.1, -0.05) is 13.8 Å². The minimum atomic E-state index is -0.917. The SMILES string of the molecule is CC(C)Cc1occc1C(=O)O. The van der Waals surface area contributed by atoms with Gasteiger partial charge in [-0.15, -0.1) is 0 Å². The highest BCUT2D eigenvalue weighted by atomic mass is 16.4. The first-order chi connectivity index (χ1) is 5.61. The first-order valence-corrected chi connectivity index (χ1v) is 3.91. The zero-order chi connectivity index (χ0) is 9.14. The minimum Gasteiger partial charge on any atom is -0.478 e. The van der Waals surface area contributed by atoms with Crippen LogP contribution in [0.5, 0.6) is 0 Å². The van der Waals surface area contributed by atoms with Crippen molar-refractivity contribution in [2.45, 2.75) is 20.3 Å². The smallest absolute Gasteiger partial charge is 0.339 e. The van der Waals surface area contributed by atoms with Crippen molar-refractivity contribution in [3.05, 3.63) is 23.7 Å². The highest BCUT2D eigenvalue weighted by molar-refractivity contribution is 5.88. The van der Waals surface area contributed by atoms with Crippen LogP contribution in [-0.4, -0.2) is 11.1 Å². The molecular weight excluding hydrogens is 156 g/mol. The zero-order valence-corrected chi connectivity index (χ0v) is 7.20. The predicted octanol–water partition coefficient (Wildman–Crippen LogP) is 2.18. The van der Waals surface area contributed by atoms with Gasteiger partial charge in [0.25, 0.3) is 0 Å². The molecule has 3 heteroatoms.